The third kappa shape index (κ3) is 4.57. The summed E-state index contributed by atoms with van der Waals surface area (Å²) in [7, 11) is 6.94. The maximum atomic E-state index is 13.8. The number of ketones is 1. The smallest absolute Gasteiger partial charge is 0.336 e. The van der Waals surface area contributed by atoms with Crippen molar-refractivity contribution in [2.24, 2.45) is 0 Å². The predicted octanol–water partition coefficient (Wildman–Crippen LogP) is 4.69. The van der Waals surface area contributed by atoms with Crippen LogP contribution in [0.4, 0.5) is 5.69 Å². The minimum Gasteiger partial charge on any atom is -0.493 e. The van der Waals surface area contributed by atoms with Crippen molar-refractivity contribution in [3.63, 3.8) is 0 Å². The van der Waals surface area contributed by atoms with Gasteiger partial charge in [-0.15, -0.1) is 0 Å². The number of ether oxygens (including phenoxy) is 3. The standard InChI is InChI=1S/C29H34N2O5/c1-7-36-28-21(9-8-10-24(28)34-5)26-25(29(33)35-6)17(2)30-22-15-19(16-23(32)27(22)26)18-11-13-20(14-12-18)31(3)4/h8-14,19,26,30H,7,15-16H2,1-6H3. The van der Waals surface area contributed by atoms with E-state index >= 15 is 0 Å². The number of rotatable bonds is 7. The van der Waals surface area contributed by atoms with Crippen LogP contribution in [0.15, 0.2) is 65.0 Å². The number of benzene rings is 2. The van der Waals surface area contributed by atoms with Crippen molar-refractivity contribution in [2.45, 2.75) is 38.5 Å². The molecule has 2 unspecified atom stereocenters. The van der Waals surface area contributed by atoms with Crippen molar-refractivity contribution in [1.29, 1.82) is 0 Å². The number of Topliss-reactive ketones (excluding diaryl/α,β-unsaturated/α-hetero) is 1. The van der Waals surface area contributed by atoms with Gasteiger partial charge in [0.15, 0.2) is 17.3 Å². The number of hydrogen-bond donors (Lipinski definition) is 1. The first kappa shape index (κ1) is 25.4. The second kappa shape index (κ2) is 10.5. The molecule has 1 N–H and O–H groups in total. The quantitative estimate of drug-likeness (QED) is 0.564. The number of nitrogens with zero attached hydrogens (tertiary/aromatic N) is 1. The molecule has 2 aromatic rings. The van der Waals surface area contributed by atoms with Gasteiger partial charge in [-0.25, -0.2) is 4.79 Å². The number of anilines is 1. The van der Waals surface area contributed by atoms with Crippen molar-refractivity contribution in [3.05, 3.63) is 76.1 Å². The molecule has 2 aromatic carbocycles. The molecule has 2 aliphatic rings. The second-order valence-electron chi connectivity index (χ2n) is 9.31. The molecule has 0 amide bonds. The van der Waals surface area contributed by atoms with Gasteiger partial charge in [0.2, 0.25) is 0 Å². The average Bonchev–Trinajstić information content (AvgIpc) is 2.87. The van der Waals surface area contributed by atoms with Crippen LogP contribution in [0.3, 0.4) is 0 Å². The normalized spacial score (nSPS) is 19.4. The van der Waals surface area contributed by atoms with Gasteiger partial charge in [-0.05, 0) is 49.9 Å². The third-order valence-electron chi connectivity index (χ3n) is 6.94. The Hall–Kier alpha value is -3.74. The molecule has 0 spiro atoms. The molecule has 1 heterocycles. The SMILES string of the molecule is CCOc1c(OC)cccc1C1C(C(=O)OC)=C(C)NC2=C1C(=O)CC(c1ccc(N(C)C)cc1)C2. The summed E-state index contributed by atoms with van der Waals surface area (Å²) in [6.45, 7) is 4.16. The molecule has 0 fully saturated rings. The zero-order valence-corrected chi connectivity index (χ0v) is 21.8. The summed E-state index contributed by atoms with van der Waals surface area (Å²) in [6.07, 6.45) is 1.03. The lowest BCUT2D eigenvalue weighted by Crippen LogP contribution is -2.36. The molecule has 1 aliphatic carbocycles. The van der Waals surface area contributed by atoms with E-state index in [1.54, 1.807) is 7.11 Å². The molecule has 0 aromatic heterocycles. The van der Waals surface area contributed by atoms with Crippen molar-refractivity contribution in [2.75, 3.05) is 39.8 Å². The van der Waals surface area contributed by atoms with Crippen LogP contribution < -0.4 is 19.7 Å². The fourth-order valence-corrected chi connectivity index (χ4v) is 5.23. The average molecular weight is 491 g/mol. The van der Waals surface area contributed by atoms with Gasteiger partial charge >= 0.3 is 5.97 Å². The number of carbonyl (C=O) groups is 2. The summed E-state index contributed by atoms with van der Waals surface area (Å²) in [5, 5.41) is 3.38. The van der Waals surface area contributed by atoms with Gasteiger partial charge in [0, 0.05) is 48.7 Å². The predicted molar refractivity (Wildman–Crippen MR) is 140 cm³/mol. The Kier molecular flexibility index (Phi) is 7.38. The first-order valence-electron chi connectivity index (χ1n) is 12.2. The van der Waals surface area contributed by atoms with E-state index in [0.29, 0.717) is 53.4 Å². The molecule has 0 saturated carbocycles. The van der Waals surface area contributed by atoms with Crippen LogP contribution in [0.2, 0.25) is 0 Å². The Bertz CT molecular complexity index is 1230. The lowest BCUT2D eigenvalue weighted by Gasteiger charge is -2.37. The number of methoxy groups -OCH3 is 2. The van der Waals surface area contributed by atoms with Crippen LogP contribution in [0, 0.1) is 0 Å². The maximum Gasteiger partial charge on any atom is 0.336 e. The number of dihydropyridines is 1. The molecule has 7 nitrogen and oxygen atoms in total. The van der Waals surface area contributed by atoms with Gasteiger partial charge in [0.05, 0.1) is 32.3 Å². The van der Waals surface area contributed by atoms with Crippen LogP contribution in [-0.2, 0) is 14.3 Å². The molecule has 2 atom stereocenters. The highest BCUT2D eigenvalue weighted by Gasteiger charge is 2.42. The second-order valence-corrected chi connectivity index (χ2v) is 9.31. The fraction of sp³-hybridized carbons (Fsp3) is 0.379. The number of allylic oxidation sites excluding steroid dienone is 3. The zero-order valence-electron chi connectivity index (χ0n) is 21.8. The molecule has 0 saturated heterocycles. The Balaban J connectivity index is 1.83. The number of hydrogen-bond acceptors (Lipinski definition) is 7. The van der Waals surface area contributed by atoms with Crippen LogP contribution in [0.25, 0.3) is 0 Å². The molecule has 0 radical (unpaired) electrons. The summed E-state index contributed by atoms with van der Waals surface area (Å²) >= 11 is 0. The summed E-state index contributed by atoms with van der Waals surface area (Å²) < 4.78 is 16.7. The maximum absolute atomic E-state index is 13.8. The van der Waals surface area contributed by atoms with Crippen LogP contribution in [0.5, 0.6) is 11.5 Å². The van der Waals surface area contributed by atoms with E-state index in [9.17, 15) is 9.59 Å². The van der Waals surface area contributed by atoms with Gasteiger partial charge in [-0.1, -0.05) is 24.3 Å². The highest BCUT2D eigenvalue weighted by molar-refractivity contribution is 6.04. The molecular formula is C29H34N2O5. The Morgan fingerprint density at radius 3 is 2.42 bits per heavy atom. The molecule has 0 bridgehead atoms. The highest BCUT2D eigenvalue weighted by atomic mass is 16.5. The van der Waals surface area contributed by atoms with Crippen LogP contribution in [-0.4, -0.2) is 46.7 Å². The van der Waals surface area contributed by atoms with Gasteiger partial charge < -0.3 is 24.4 Å². The van der Waals surface area contributed by atoms with Crippen LogP contribution >= 0.6 is 0 Å². The van der Waals surface area contributed by atoms with Crippen molar-refractivity contribution in [3.8, 4) is 11.5 Å². The molecule has 1 aliphatic heterocycles. The summed E-state index contributed by atoms with van der Waals surface area (Å²) in [5.41, 5.74) is 5.46. The number of para-hydroxylation sites is 1. The summed E-state index contributed by atoms with van der Waals surface area (Å²) in [5.74, 6) is 0.0500. The number of carbonyl (C=O) groups excluding carboxylic acids is 2. The van der Waals surface area contributed by atoms with Gasteiger partial charge in [0.25, 0.3) is 0 Å². The van der Waals surface area contributed by atoms with Crippen molar-refractivity contribution < 1.29 is 23.8 Å². The van der Waals surface area contributed by atoms with Crippen molar-refractivity contribution in [1.82, 2.24) is 5.32 Å². The Morgan fingerprint density at radius 2 is 1.81 bits per heavy atom. The minimum atomic E-state index is -0.616. The van der Waals surface area contributed by atoms with Crippen molar-refractivity contribution >= 4 is 17.4 Å². The fourth-order valence-electron chi connectivity index (χ4n) is 5.23. The minimum absolute atomic E-state index is 0.00890. The van der Waals surface area contributed by atoms with E-state index in [1.807, 2.05) is 46.1 Å². The van der Waals surface area contributed by atoms with E-state index in [4.69, 9.17) is 14.2 Å². The van der Waals surface area contributed by atoms with Gasteiger partial charge in [0.1, 0.15) is 0 Å². The van der Waals surface area contributed by atoms with Gasteiger partial charge in [-0.3, -0.25) is 4.79 Å². The molecule has 190 valence electrons. The molecule has 36 heavy (non-hydrogen) atoms. The monoisotopic (exact) mass is 490 g/mol. The lowest BCUT2D eigenvalue weighted by molar-refractivity contribution is -0.136. The first-order chi connectivity index (χ1) is 17.3. The van der Waals surface area contributed by atoms with Crippen LogP contribution in [0.1, 0.15) is 49.7 Å². The van der Waals surface area contributed by atoms with E-state index in [1.165, 1.54) is 7.11 Å². The summed E-state index contributed by atoms with van der Waals surface area (Å²) in [6, 6.07) is 13.9. The molecular weight excluding hydrogens is 456 g/mol. The third-order valence-corrected chi connectivity index (χ3v) is 6.94. The van der Waals surface area contributed by atoms with E-state index in [2.05, 4.69) is 34.5 Å². The molecule has 4 rings (SSSR count). The van der Waals surface area contributed by atoms with E-state index in [0.717, 1.165) is 16.9 Å². The molecule has 7 heteroatoms. The number of nitrogens with one attached hydrogen (secondary N) is 1. The topological polar surface area (TPSA) is 77.1 Å². The largest absolute Gasteiger partial charge is 0.493 e. The lowest BCUT2D eigenvalue weighted by atomic mass is 9.71. The van der Waals surface area contributed by atoms with E-state index in [-0.39, 0.29) is 11.7 Å². The van der Waals surface area contributed by atoms with Gasteiger partial charge in [-0.2, -0.15) is 0 Å². The Labute approximate surface area is 212 Å². The Morgan fingerprint density at radius 1 is 1.08 bits per heavy atom. The first-order valence-corrected chi connectivity index (χ1v) is 12.2. The zero-order chi connectivity index (χ0) is 26.0. The highest BCUT2D eigenvalue weighted by Crippen LogP contribution is 2.49. The number of esters is 1. The van der Waals surface area contributed by atoms with E-state index < -0.39 is 11.9 Å². The summed E-state index contributed by atoms with van der Waals surface area (Å²) in [4.78, 5) is 28.9.